The molecule has 0 spiro atoms. The third kappa shape index (κ3) is 9.01. The summed E-state index contributed by atoms with van der Waals surface area (Å²) >= 11 is 0. The molecule has 0 N–H and O–H groups in total. The maximum atomic E-state index is 12.5. The minimum absolute atomic E-state index is 0.137. The van der Waals surface area contributed by atoms with Crippen molar-refractivity contribution in [3.8, 4) is 23.0 Å². The summed E-state index contributed by atoms with van der Waals surface area (Å²) in [6, 6.07) is 17.6. The van der Waals surface area contributed by atoms with Crippen LogP contribution >= 0.6 is 0 Å². The Morgan fingerprint density at radius 1 is 0.744 bits per heavy atom. The molecular formula is C30H26O9. The average molecular weight is 531 g/mol. The first-order chi connectivity index (χ1) is 18.8. The molecule has 39 heavy (non-hydrogen) atoms. The molecule has 0 aliphatic carbocycles. The Bertz CT molecular complexity index is 1360. The molecule has 200 valence electrons. The van der Waals surface area contributed by atoms with Crippen molar-refractivity contribution in [1.29, 1.82) is 0 Å². The van der Waals surface area contributed by atoms with E-state index in [0.717, 1.165) is 17.7 Å². The summed E-state index contributed by atoms with van der Waals surface area (Å²) < 4.78 is 25.9. The van der Waals surface area contributed by atoms with E-state index in [4.69, 9.17) is 23.7 Å². The zero-order valence-corrected chi connectivity index (χ0v) is 21.2. The van der Waals surface area contributed by atoms with E-state index < -0.39 is 23.9 Å². The second kappa shape index (κ2) is 13.9. The molecule has 0 aromatic heterocycles. The number of benzene rings is 3. The van der Waals surface area contributed by atoms with Gasteiger partial charge in [-0.25, -0.2) is 14.4 Å². The molecule has 3 aromatic rings. The van der Waals surface area contributed by atoms with Gasteiger partial charge in [-0.1, -0.05) is 25.3 Å². The molecule has 3 rings (SSSR count). The van der Waals surface area contributed by atoms with Gasteiger partial charge >= 0.3 is 23.9 Å². The molecule has 0 unspecified atom stereocenters. The molecule has 0 amide bonds. The number of hydrogen-bond acceptors (Lipinski definition) is 9. The lowest BCUT2D eigenvalue weighted by Crippen LogP contribution is -2.11. The van der Waals surface area contributed by atoms with E-state index >= 15 is 0 Å². The lowest BCUT2D eigenvalue weighted by molar-refractivity contribution is -0.144. The van der Waals surface area contributed by atoms with Gasteiger partial charge in [0, 0.05) is 18.6 Å². The summed E-state index contributed by atoms with van der Waals surface area (Å²) in [5.74, 6) is -0.747. The number of aryl methyl sites for hydroxylation is 2. The van der Waals surface area contributed by atoms with Crippen LogP contribution in [-0.2, 0) is 25.5 Å². The van der Waals surface area contributed by atoms with Crippen molar-refractivity contribution in [2.45, 2.75) is 19.8 Å². The Morgan fingerprint density at radius 2 is 1.38 bits per heavy atom. The van der Waals surface area contributed by atoms with Crippen LogP contribution in [0.1, 0.15) is 27.9 Å². The van der Waals surface area contributed by atoms with Crippen LogP contribution in [0.4, 0.5) is 0 Å². The topological polar surface area (TPSA) is 114 Å². The van der Waals surface area contributed by atoms with Crippen molar-refractivity contribution in [3.63, 3.8) is 0 Å². The Kier molecular flexibility index (Phi) is 10.2. The summed E-state index contributed by atoms with van der Waals surface area (Å²) in [7, 11) is 0. The second-order valence-corrected chi connectivity index (χ2v) is 8.01. The predicted octanol–water partition coefficient (Wildman–Crippen LogP) is 4.91. The standard InChI is InChI=1S/C30H26O9/c1-4-27(31)36-19-35-23-13-9-22(10-14-23)30(34)38-25-15-16-26(20(3)18-25)39-29(33)17-8-21-6-11-24(12-7-21)37-28(32)5-2/h4-7,9-16,18H,1-2,8,17,19H2,3H3. The van der Waals surface area contributed by atoms with Gasteiger partial charge in [-0.3, -0.25) is 4.79 Å². The Labute approximate surface area is 225 Å². The van der Waals surface area contributed by atoms with Crippen LogP contribution in [0.3, 0.4) is 0 Å². The van der Waals surface area contributed by atoms with Gasteiger partial charge in [0.2, 0.25) is 6.79 Å². The monoisotopic (exact) mass is 530 g/mol. The van der Waals surface area contributed by atoms with Gasteiger partial charge in [0.25, 0.3) is 0 Å². The molecular weight excluding hydrogens is 504 g/mol. The van der Waals surface area contributed by atoms with E-state index in [1.165, 1.54) is 30.3 Å². The SMILES string of the molecule is C=CC(=O)OCOc1ccc(C(=O)Oc2ccc(OC(=O)CCc3ccc(OC(=O)C=C)cc3)c(C)c2)cc1. The van der Waals surface area contributed by atoms with E-state index in [1.807, 2.05) is 0 Å². The van der Waals surface area contributed by atoms with Crippen LogP contribution in [0.25, 0.3) is 0 Å². The number of carbonyl (C=O) groups excluding carboxylic acids is 4. The maximum absolute atomic E-state index is 12.5. The van der Waals surface area contributed by atoms with E-state index in [-0.39, 0.29) is 24.5 Å². The number of ether oxygens (including phenoxy) is 5. The molecule has 0 saturated carbocycles. The van der Waals surface area contributed by atoms with Gasteiger partial charge in [0.15, 0.2) is 0 Å². The van der Waals surface area contributed by atoms with Crippen molar-refractivity contribution in [3.05, 3.63) is 109 Å². The van der Waals surface area contributed by atoms with Crippen LogP contribution in [0.5, 0.6) is 23.0 Å². The first-order valence-corrected chi connectivity index (χ1v) is 11.8. The smallest absolute Gasteiger partial charge is 0.343 e. The Balaban J connectivity index is 1.48. The summed E-state index contributed by atoms with van der Waals surface area (Å²) in [5.41, 5.74) is 1.77. The number of carbonyl (C=O) groups is 4. The van der Waals surface area contributed by atoms with Crippen LogP contribution in [0.15, 0.2) is 92.0 Å². The number of esters is 4. The van der Waals surface area contributed by atoms with E-state index in [9.17, 15) is 19.2 Å². The summed E-state index contributed by atoms with van der Waals surface area (Å²) in [5, 5.41) is 0. The highest BCUT2D eigenvalue weighted by molar-refractivity contribution is 5.91. The summed E-state index contributed by atoms with van der Waals surface area (Å²) in [6.45, 7) is 8.08. The first kappa shape index (κ1) is 28.4. The first-order valence-electron chi connectivity index (χ1n) is 11.8. The van der Waals surface area contributed by atoms with Crippen molar-refractivity contribution in [2.75, 3.05) is 6.79 Å². The lowest BCUT2D eigenvalue weighted by atomic mass is 10.1. The summed E-state index contributed by atoms with van der Waals surface area (Å²) in [6.07, 6.45) is 2.68. The van der Waals surface area contributed by atoms with Gasteiger partial charge in [-0.15, -0.1) is 0 Å². The van der Waals surface area contributed by atoms with Crippen molar-refractivity contribution >= 4 is 23.9 Å². The van der Waals surface area contributed by atoms with Gasteiger partial charge in [0.05, 0.1) is 5.56 Å². The van der Waals surface area contributed by atoms with Gasteiger partial charge in [0.1, 0.15) is 23.0 Å². The molecule has 0 aliphatic heterocycles. The predicted molar refractivity (Wildman–Crippen MR) is 141 cm³/mol. The largest absolute Gasteiger partial charge is 0.457 e. The molecule has 3 aromatic carbocycles. The van der Waals surface area contributed by atoms with Crippen LogP contribution in [-0.4, -0.2) is 30.7 Å². The molecule has 9 heteroatoms. The highest BCUT2D eigenvalue weighted by atomic mass is 16.7. The molecule has 0 bridgehead atoms. The third-order valence-corrected chi connectivity index (χ3v) is 5.19. The fourth-order valence-corrected chi connectivity index (χ4v) is 3.17. The van der Waals surface area contributed by atoms with Crippen molar-refractivity contribution < 1.29 is 42.9 Å². The highest BCUT2D eigenvalue weighted by Crippen LogP contribution is 2.25. The van der Waals surface area contributed by atoms with Crippen LogP contribution in [0.2, 0.25) is 0 Å². The molecule has 0 saturated heterocycles. The quantitative estimate of drug-likeness (QED) is 0.139. The van der Waals surface area contributed by atoms with E-state index in [1.54, 1.807) is 43.3 Å². The minimum Gasteiger partial charge on any atom is -0.457 e. The van der Waals surface area contributed by atoms with Gasteiger partial charge < -0.3 is 23.7 Å². The van der Waals surface area contributed by atoms with Crippen LogP contribution < -0.4 is 18.9 Å². The van der Waals surface area contributed by atoms with Crippen molar-refractivity contribution in [2.24, 2.45) is 0 Å². The fourth-order valence-electron chi connectivity index (χ4n) is 3.17. The Morgan fingerprint density at radius 3 is 2.03 bits per heavy atom. The Hall–Kier alpha value is -5.18. The van der Waals surface area contributed by atoms with E-state index in [0.29, 0.717) is 29.2 Å². The number of hydrogen-bond donors (Lipinski definition) is 0. The molecule has 9 nitrogen and oxygen atoms in total. The van der Waals surface area contributed by atoms with Gasteiger partial charge in [-0.2, -0.15) is 0 Å². The minimum atomic E-state index is -0.608. The molecule has 0 aliphatic rings. The normalized spacial score (nSPS) is 10.1. The molecule has 0 radical (unpaired) electrons. The maximum Gasteiger partial charge on any atom is 0.343 e. The second-order valence-electron chi connectivity index (χ2n) is 8.01. The van der Waals surface area contributed by atoms with Crippen LogP contribution in [0, 0.1) is 6.92 Å². The van der Waals surface area contributed by atoms with Crippen molar-refractivity contribution in [1.82, 2.24) is 0 Å². The zero-order valence-electron chi connectivity index (χ0n) is 21.2. The van der Waals surface area contributed by atoms with Gasteiger partial charge in [-0.05, 0) is 79.1 Å². The average Bonchev–Trinajstić information content (AvgIpc) is 2.94. The van der Waals surface area contributed by atoms with E-state index in [2.05, 4.69) is 13.2 Å². The highest BCUT2D eigenvalue weighted by Gasteiger charge is 2.13. The zero-order chi connectivity index (χ0) is 28.2. The summed E-state index contributed by atoms with van der Waals surface area (Å²) in [4.78, 5) is 47.1. The number of rotatable bonds is 12. The molecule has 0 heterocycles. The third-order valence-electron chi connectivity index (χ3n) is 5.19. The molecule has 0 fully saturated rings. The molecule has 0 atom stereocenters. The lowest BCUT2D eigenvalue weighted by Gasteiger charge is -2.10. The fraction of sp³-hybridized carbons (Fsp3) is 0.133.